The fraction of sp³-hybridized carbons (Fsp3) is 0.167. The lowest BCUT2D eigenvalue weighted by atomic mass is 10.3. The minimum atomic E-state index is -3.54. The van der Waals surface area contributed by atoms with Crippen molar-refractivity contribution in [3.05, 3.63) is 96.8 Å². The van der Waals surface area contributed by atoms with Gasteiger partial charge in [-0.2, -0.15) is 0 Å². The predicted molar refractivity (Wildman–Crippen MR) is 126 cm³/mol. The van der Waals surface area contributed by atoms with E-state index in [9.17, 15) is 8.42 Å². The van der Waals surface area contributed by atoms with Gasteiger partial charge in [0.1, 0.15) is 11.5 Å². The first-order valence-corrected chi connectivity index (χ1v) is 12.9. The summed E-state index contributed by atoms with van der Waals surface area (Å²) in [6.45, 7) is 0.589. The average Bonchev–Trinajstić information content (AvgIpc) is 3.22. The number of sulfone groups is 1. The minimum absolute atomic E-state index is 0.226. The maximum absolute atomic E-state index is 12.9. The van der Waals surface area contributed by atoms with Crippen LogP contribution in [0.3, 0.4) is 0 Å². The third kappa shape index (κ3) is 5.57. The number of para-hydroxylation sites is 2. The van der Waals surface area contributed by atoms with Crippen molar-refractivity contribution < 1.29 is 13.2 Å². The number of hydrogen-bond donors (Lipinski definition) is 0. The molecule has 0 aliphatic carbocycles. The van der Waals surface area contributed by atoms with Gasteiger partial charge in [-0.25, -0.2) is 8.42 Å². The van der Waals surface area contributed by atoms with E-state index in [1.807, 2.05) is 65.2 Å². The summed E-state index contributed by atoms with van der Waals surface area (Å²) >= 11 is 1.53. The lowest BCUT2D eigenvalue weighted by Crippen LogP contribution is -2.11. The van der Waals surface area contributed by atoms with E-state index in [1.165, 1.54) is 11.8 Å². The summed E-state index contributed by atoms with van der Waals surface area (Å²) < 4.78 is 33.4. The zero-order valence-corrected chi connectivity index (χ0v) is 19.0. The number of hydrogen-bond acceptors (Lipinski definition) is 6. The van der Waals surface area contributed by atoms with Crippen molar-refractivity contribution >= 4 is 21.6 Å². The number of aromatic nitrogens is 3. The molecule has 0 amide bonds. The Morgan fingerprint density at radius 3 is 2.12 bits per heavy atom. The molecular weight excluding hydrogens is 442 g/mol. The molecule has 0 radical (unpaired) electrons. The number of ether oxygens (including phenoxy) is 1. The molecule has 0 saturated carbocycles. The SMILES string of the molecule is O=S(=O)(Cc1nnc(SCCCOc2ccccc2)n1-c1ccccc1)c1ccccc1. The first-order chi connectivity index (χ1) is 15.6. The lowest BCUT2D eigenvalue weighted by Gasteiger charge is -2.11. The zero-order chi connectivity index (χ0) is 22.2. The standard InChI is InChI=1S/C24H23N3O3S2/c28-32(29,22-15-8-3-9-16-22)19-23-25-26-24(27(23)20-11-4-1-5-12-20)31-18-10-17-30-21-13-6-2-7-14-21/h1-9,11-16H,10,17-19H2. The van der Waals surface area contributed by atoms with Crippen LogP contribution in [0.1, 0.15) is 12.2 Å². The van der Waals surface area contributed by atoms with Crippen LogP contribution in [0.2, 0.25) is 0 Å². The Hall–Kier alpha value is -3.10. The molecule has 3 aromatic carbocycles. The van der Waals surface area contributed by atoms with Crippen LogP contribution in [-0.4, -0.2) is 35.5 Å². The maximum atomic E-state index is 12.9. The Labute approximate surface area is 192 Å². The molecule has 0 bridgehead atoms. The molecule has 1 aromatic heterocycles. The van der Waals surface area contributed by atoms with Gasteiger partial charge in [-0.15, -0.1) is 10.2 Å². The molecule has 0 fully saturated rings. The Bertz CT molecular complexity index is 1230. The van der Waals surface area contributed by atoms with E-state index < -0.39 is 9.84 Å². The Balaban J connectivity index is 1.48. The fourth-order valence-corrected chi connectivity index (χ4v) is 5.28. The first kappa shape index (κ1) is 22.1. The Morgan fingerprint density at radius 1 is 0.812 bits per heavy atom. The van der Waals surface area contributed by atoms with Gasteiger partial charge >= 0.3 is 0 Å². The summed E-state index contributed by atoms with van der Waals surface area (Å²) in [7, 11) is -3.54. The predicted octanol–water partition coefficient (Wildman–Crippen LogP) is 4.80. The van der Waals surface area contributed by atoms with Crippen molar-refractivity contribution in [2.45, 2.75) is 22.2 Å². The van der Waals surface area contributed by atoms with E-state index in [0.717, 1.165) is 23.6 Å². The van der Waals surface area contributed by atoms with Gasteiger partial charge in [-0.05, 0) is 42.8 Å². The van der Waals surface area contributed by atoms with Gasteiger partial charge in [0, 0.05) is 11.4 Å². The molecule has 164 valence electrons. The number of rotatable bonds is 10. The molecule has 0 saturated heterocycles. The second kappa shape index (κ2) is 10.5. The molecule has 0 unspecified atom stereocenters. The second-order valence-corrected chi connectivity index (χ2v) is 10.1. The highest BCUT2D eigenvalue weighted by molar-refractivity contribution is 7.99. The molecule has 1 heterocycles. The quantitative estimate of drug-likeness (QED) is 0.247. The van der Waals surface area contributed by atoms with Crippen LogP contribution in [0.4, 0.5) is 0 Å². The van der Waals surface area contributed by atoms with Crippen LogP contribution in [0.5, 0.6) is 5.75 Å². The van der Waals surface area contributed by atoms with Crippen molar-refractivity contribution in [1.29, 1.82) is 0 Å². The summed E-state index contributed by atoms with van der Waals surface area (Å²) in [5.74, 6) is 1.78. The average molecular weight is 466 g/mol. The summed E-state index contributed by atoms with van der Waals surface area (Å²) in [5, 5.41) is 9.19. The largest absolute Gasteiger partial charge is 0.494 e. The topological polar surface area (TPSA) is 74.1 Å². The monoisotopic (exact) mass is 465 g/mol. The van der Waals surface area contributed by atoms with Crippen LogP contribution in [0, 0.1) is 0 Å². The van der Waals surface area contributed by atoms with Crippen LogP contribution < -0.4 is 4.74 Å². The maximum Gasteiger partial charge on any atom is 0.195 e. The Kier molecular flexibility index (Phi) is 7.24. The highest BCUT2D eigenvalue weighted by atomic mass is 32.2. The van der Waals surface area contributed by atoms with Crippen molar-refractivity contribution in [2.75, 3.05) is 12.4 Å². The summed E-state index contributed by atoms with van der Waals surface area (Å²) in [4.78, 5) is 0.273. The summed E-state index contributed by atoms with van der Waals surface area (Å²) in [6, 6.07) is 27.7. The molecule has 0 aliphatic heterocycles. The van der Waals surface area contributed by atoms with Gasteiger partial charge in [0.2, 0.25) is 0 Å². The second-order valence-electron chi connectivity index (χ2n) is 7.01. The van der Waals surface area contributed by atoms with E-state index in [2.05, 4.69) is 10.2 Å². The van der Waals surface area contributed by atoms with Gasteiger partial charge in [0.25, 0.3) is 0 Å². The summed E-state index contributed by atoms with van der Waals surface area (Å²) in [6.07, 6.45) is 0.818. The van der Waals surface area contributed by atoms with E-state index in [1.54, 1.807) is 30.3 Å². The number of thioether (sulfide) groups is 1. The van der Waals surface area contributed by atoms with Crippen LogP contribution >= 0.6 is 11.8 Å². The van der Waals surface area contributed by atoms with Crippen molar-refractivity contribution in [3.8, 4) is 11.4 Å². The molecule has 4 rings (SSSR count). The van der Waals surface area contributed by atoms with Gasteiger partial charge in [0.15, 0.2) is 20.8 Å². The molecule has 0 spiro atoms. The highest BCUT2D eigenvalue weighted by Crippen LogP contribution is 2.25. The van der Waals surface area contributed by atoms with Crippen LogP contribution in [0.15, 0.2) is 101 Å². The normalized spacial score (nSPS) is 11.4. The van der Waals surface area contributed by atoms with E-state index in [4.69, 9.17) is 4.74 Å². The van der Waals surface area contributed by atoms with Gasteiger partial charge in [-0.3, -0.25) is 4.57 Å². The minimum Gasteiger partial charge on any atom is -0.494 e. The van der Waals surface area contributed by atoms with Crippen LogP contribution in [0.25, 0.3) is 5.69 Å². The molecule has 32 heavy (non-hydrogen) atoms. The number of benzene rings is 3. The van der Waals surface area contributed by atoms with E-state index >= 15 is 0 Å². The third-order valence-corrected chi connectivity index (χ3v) is 7.31. The van der Waals surface area contributed by atoms with E-state index in [-0.39, 0.29) is 10.6 Å². The van der Waals surface area contributed by atoms with Gasteiger partial charge < -0.3 is 4.74 Å². The lowest BCUT2D eigenvalue weighted by molar-refractivity contribution is 0.318. The zero-order valence-electron chi connectivity index (χ0n) is 17.4. The fourth-order valence-electron chi connectivity index (χ4n) is 3.13. The van der Waals surface area contributed by atoms with E-state index in [0.29, 0.717) is 17.6 Å². The van der Waals surface area contributed by atoms with Crippen molar-refractivity contribution in [1.82, 2.24) is 14.8 Å². The Morgan fingerprint density at radius 2 is 1.44 bits per heavy atom. The highest BCUT2D eigenvalue weighted by Gasteiger charge is 2.22. The summed E-state index contributed by atoms with van der Waals surface area (Å²) in [5.41, 5.74) is 0.832. The molecule has 8 heteroatoms. The molecule has 0 aliphatic rings. The smallest absolute Gasteiger partial charge is 0.195 e. The molecule has 4 aromatic rings. The van der Waals surface area contributed by atoms with Gasteiger partial charge in [0.05, 0.1) is 11.5 Å². The molecule has 0 atom stereocenters. The first-order valence-electron chi connectivity index (χ1n) is 10.2. The number of nitrogens with zero attached hydrogens (tertiary/aromatic N) is 3. The van der Waals surface area contributed by atoms with Crippen molar-refractivity contribution in [3.63, 3.8) is 0 Å². The third-order valence-electron chi connectivity index (χ3n) is 4.67. The molecular formula is C24H23N3O3S2. The van der Waals surface area contributed by atoms with Crippen molar-refractivity contribution in [2.24, 2.45) is 0 Å². The molecule has 0 N–H and O–H groups in total. The molecule has 6 nitrogen and oxygen atoms in total. The van der Waals surface area contributed by atoms with Crippen LogP contribution in [-0.2, 0) is 15.6 Å². The van der Waals surface area contributed by atoms with Gasteiger partial charge in [-0.1, -0.05) is 66.4 Å².